The fourth-order valence-electron chi connectivity index (χ4n) is 2.06. The number of ether oxygens (including phenoxy) is 2. The van der Waals surface area contributed by atoms with E-state index in [1.54, 1.807) is 13.8 Å². The number of rotatable bonds is 4. The second-order valence-electron chi connectivity index (χ2n) is 4.29. The average Bonchev–Trinajstić information content (AvgIpc) is 2.78. The molecule has 0 atom stereocenters. The molecule has 2 aromatic rings. The molecule has 0 aliphatic carbocycles. The van der Waals surface area contributed by atoms with Crippen molar-refractivity contribution in [2.24, 2.45) is 0 Å². The first-order chi connectivity index (χ1) is 10.2. The van der Waals surface area contributed by atoms with Crippen LogP contribution in [0, 0.1) is 0 Å². The van der Waals surface area contributed by atoms with Gasteiger partial charge in [-0.15, -0.1) is 0 Å². The molecule has 110 valence electrons. The maximum Gasteiger partial charge on any atom is 0.332 e. The largest absolute Gasteiger partial charge is 0.463 e. The summed E-state index contributed by atoms with van der Waals surface area (Å²) in [5.74, 6) is -0.848. The predicted molar refractivity (Wildman–Crippen MR) is 79.7 cm³/mol. The highest BCUT2D eigenvalue weighted by Gasteiger charge is 2.04. The molecule has 1 aromatic carbocycles. The predicted octanol–water partition coefficient (Wildman–Crippen LogP) is 0.855. The summed E-state index contributed by atoms with van der Waals surface area (Å²) >= 11 is 0. The van der Waals surface area contributed by atoms with Crippen molar-refractivity contribution in [2.75, 3.05) is 13.2 Å². The van der Waals surface area contributed by atoms with Crippen LogP contribution in [-0.2, 0) is 19.1 Å². The van der Waals surface area contributed by atoms with Gasteiger partial charge in [-0.1, -0.05) is 24.3 Å². The lowest BCUT2D eigenvalue weighted by molar-refractivity contribution is -0.136. The SMILES string of the molecule is CCOC(=O)/C=c1/[nH]/c(=C/C(=O)OCC)c2ccccc12. The number of H-pyrrole nitrogens is 1. The van der Waals surface area contributed by atoms with E-state index in [2.05, 4.69) is 4.98 Å². The van der Waals surface area contributed by atoms with Crippen molar-refractivity contribution in [3.05, 3.63) is 35.0 Å². The Morgan fingerprint density at radius 2 is 1.38 bits per heavy atom. The number of hydrogen-bond donors (Lipinski definition) is 1. The summed E-state index contributed by atoms with van der Waals surface area (Å²) in [6, 6.07) is 7.48. The third-order valence-electron chi connectivity index (χ3n) is 2.87. The van der Waals surface area contributed by atoms with E-state index in [0.717, 1.165) is 10.8 Å². The van der Waals surface area contributed by atoms with Crippen molar-refractivity contribution >= 4 is 34.9 Å². The number of benzene rings is 1. The Balaban J connectivity index is 2.59. The molecule has 0 radical (unpaired) electrons. The lowest BCUT2D eigenvalue weighted by atomic mass is 10.2. The summed E-state index contributed by atoms with van der Waals surface area (Å²) in [6.45, 7) is 4.13. The minimum absolute atomic E-state index is 0.315. The van der Waals surface area contributed by atoms with E-state index in [1.807, 2.05) is 24.3 Å². The molecule has 0 unspecified atom stereocenters. The van der Waals surface area contributed by atoms with E-state index < -0.39 is 11.9 Å². The number of esters is 2. The Hall–Kier alpha value is -2.56. The standard InChI is InChI=1S/C16H17NO4/c1-3-20-15(18)9-13-11-7-5-6-8-12(11)14(17-13)10-16(19)21-4-2/h5-10,17H,3-4H2,1-2H3/b13-9+,14-10+. The summed E-state index contributed by atoms with van der Waals surface area (Å²) in [4.78, 5) is 26.2. The van der Waals surface area contributed by atoms with Gasteiger partial charge in [0.1, 0.15) is 0 Å². The van der Waals surface area contributed by atoms with E-state index in [1.165, 1.54) is 12.2 Å². The van der Waals surface area contributed by atoms with Crippen molar-refractivity contribution in [3.8, 4) is 0 Å². The van der Waals surface area contributed by atoms with Gasteiger partial charge in [-0.25, -0.2) is 9.59 Å². The molecule has 1 aromatic heterocycles. The van der Waals surface area contributed by atoms with Crippen LogP contribution in [0.15, 0.2) is 24.3 Å². The zero-order valence-electron chi connectivity index (χ0n) is 12.0. The second kappa shape index (κ2) is 6.74. The monoisotopic (exact) mass is 287 g/mol. The number of hydrogen-bond acceptors (Lipinski definition) is 4. The Kier molecular flexibility index (Phi) is 4.77. The molecule has 0 amide bonds. The first-order valence-corrected chi connectivity index (χ1v) is 6.79. The highest BCUT2D eigenvalue weighted by Crippen LogP contribution is 2.03. The lowest BCUT2D eigenvalue weighted by Crippen LogP contribution is -2.15. The number of carbonyl (C=O) groups is 2. The van der Waals surface area contributed by atoms with Crippen LogP contribution in [0.5, 0.6) is 0 Å². The number of carbonyl (C=O) groups excluding carboxylic acids is 2. The van der Waals surface area contributed by atoms with Gasteiger partial charge in [-0.05, 0) is 13.8 Å². The fourth-order valence-corrected chi connectivity index (χ4v) is 2.06. The van der Waals surface area contributed by atoms with Crippen LogP contribution >= 0.6 is 0 Å². The van der Waals surface area contributed by atoms with Crippen LogP contribution in [0.1, 0.15) is 13.8 Å². The van der Waals surface area contributed by atoms with Crippen molar-refractivity contribution in [1.29, 1.82) is 0 Å². The average molecular weight is 287 g/mol. The Labute approximate surface area is 121 Å². The molecular weight excluding hydrogens is 270 g/mol. The van der Waals surface area contributed by atoms with Gasteiger partial charge in [-0.3, -0.25) is 0 Å². The second-order valence-corrected chi connectivity index (χ2v) is 4.29. The Morgan fingerprint density at radius 3 is 1.76 bits per heavy atom. The molecule has 21 heavy (non-hydrogen) atoms. The van der Waals surface area contributed by atoms with Crippen LogP contribution in [-0.4, -0.2) is 30.1 Å². The summed E-state index contributed by atoms with van der Waals surface area (Å²) in [5.41, 5.74) is 0. The van der Waals surface area contributed by atoms with E-state index in [4.69, 9.17) is 9.47 Å². The minimum atomic E-state index is -0.424. The minimum Gasteiger partial charge on any atom is -0.463 e. The summed E-state index contributed by atoms with van der Waals surface area (Å²) in [5, 5.41) is 2.92. The number of aromatic amines is 1. The molecule has 0 aliphatic heterocycles. The number of aromatic nitrogens is 1. The molecule has 1 heterocycles. The highest BCUT2D eigenvalue weighted by molar-refractivity contribution is 6.04. The summed E-state index contributed by atoms with van der Waals surface area (Å²) in [6.07, 6.45) is 2.77. The van der Waals surface area contributed by atoms with Gasteiger partial charge in [0.15, 0.2) is 0 Å². The molecule has 0 saturated heterocycles. The van der Waals surface area contributed by atoms with E-state index in [-0.39, 0.29) is 0 Å². The van der Waals surface area contributed by atoms with Gasteiger partial charge in [-0.2, -0.15) is 0 Å². The number of fused-ring (bicyclic) bond motifs is 1. The Morgan fingerprint density at radius 1 is 0.952 bits per heavy atom. The van der Waals surface area contributed by atoms with Gasteiger partial charge in [0, 0.05) is 22.9 Å². The van der Waals surface area contributed by atoms with Gasteiger partial charge >= 0.3 is 11.9 Å². The molecule has 0 spiro atoms. The first-order valence-electron chi connectivity index (χ1n) is 6.79. The van der Waals surface area contributed by atoms with Crippen LogP contribution in [0.3, 0.4) is 0 Å². The van der Waals surface area contributed by atoms with Crippen LogP contribution in [0.4, 0.5) is 0 Å². The lowest BCUT2D eigenvalue weighted by Gasteiger charge is -1.93. The Bertz CT molecular complexity index is 709. The van der Waals surface area contributed by atoms with Crippen molar-refractivity contribution in [2.45, 2.75) is 13.8 Å². The molecule has 5 nitrogen and oxygen atoms in total. The van der Waals surface area contributed by atoms with E-state index in [0.29, 0.717) is 23.9 Å². The van der Waals surface area contributed by atoms with Gasteiger partial charge in [0.05, 0.1) is 23.9 Å². The number of nitrogens with one attached hydrogen (secondary N) is 1. The molecule has 0 bridgehead atoms. The van der Waals surface area contributed by atoms with Gasteiger partial charge in [0.2, 0.25) is 0 Å². The molecule has 5 heteroatoms. The normalized spacial score (nSPS) is 12.7. The van der Waals surface area contributed by atoms with Crippen molar-refractivity contribution < 1.29 is 19.1 Å². The summed E-state index contributed by atoms with van der Waals surface area (Å²) < 4.78 is 9.81. The smallest absolute Gasteiger partial charge is 0.332 e. The summed E-state index contributed by atoms with van der Waals surface area (Å²) in [7, 11) is 0. The van der Waals surface area contributed by atoms with E-state index >= 15 is 0 Å². The van der Waals surface area contributed by atoms with Crippen molar-refractivity contribution in [3.63, 3.8) is 0 Å². The van der Waals surface area contributed by atoms with Gasteiger partial charge in [0.25, 0.3) is 0 Å². The molecule has 0 saturated carbocycles. The zero-order chi connectivity index (χ0) is 15.2. The fraction of sp³-hybridized carbons (Fsp3) is 0.250. The molecule has 0 aliphatic rings. The third-order valence-corrected chi connectivity index (χ3v) is 2.87. The zero-order valence-corrected chi connectivity index (χ0v) is 12.0. The maximum atomic E-state index is 11.6. The van der Waals surface area contributed by atoms with Crippen LogP contribution in [0.25, 0.3) is 22.9 Å². The quantitative estimate of drug-likeness (QED) is 0.847. The maximum absolute atomic E-state index is 11.6. The van der Waals surface area contributed by atoms with Gasteiger partial charge < -0.3 is 14.5 Å². The molecule has 1 N–H and O–H groups in total. The molecule has 2 rings (SSSR count). The third kappa shape index (κ3) is 3.51. The highest BCUT2D eigenvalue weighted by atomic mass is 16.5. The van der Waals surface area contributed by atoms with Crippen LogP contribution < -0.4 is 10.7 Å². The van der Waals surface area contributed by atoms with Crippen molar-refractivity contribution in [1.82, 2.24) is 4.98 Å². The first kappa shape index (κ1) is 14.8. The van der Waals surface area contributed by atoms with E-state index in [9.17, 15) is 9.59 Å². The molecule has 0 fully saturated rings. The molecular formula is C16H17NO4. The van der Waals surface area contributed by atoms with Crippen LogP contribution in [0.2, 0.25) is 0 Å². The topological polar surface area (TPSA) is 68.4 Å².